The molecule has 1 aliphatic heterocycles. The van der Waals surface area contributed by atoms with Crippen molar-refractivity contribution in [3.8, 4) is 22.6 Å². The zero-order valence-corrected chi connectivity index (χ0v) is 15.7. The van der Waals surface area contributed by atoms with Crippen LogP contribution in [0.15, 0.2) is 60.9 Å². The van der Waals surface area contributed by atoms with Crippen LogP contribution < -0.4 is 21.9 Å². The van der Waals surface area contributed by atoms with Gasteiger partial charge in [-0.25, -0.2) is 15.8 Å². The SMILES string of the molecule is Cc1c(-c2c(-c3ccccc3)ncn2CCC2NNNN2)[nH]c2ccccc12. The fourth-order valence-corrected chi connectivity index (χ4v) is 3.84. The van der Waals surface area contributed by atoms with Crippen molar-refractivity contribution in [3.63, 3.8) is 0 Å². The number of fused-ring (bicyclic) bond motifs is 1. The standard InChI is InChI=1S/C21H23N7/c1-14-16-9-5-6-10-17(16)23-19(14)21-20(15-7-3-2-4-8-15)22-13-28(21)12-11-18-24-26-27-25-18/h2-10,13,18,23-27H,11-12H2,1H3. The summed E-state index contributed by atoms with van der Waals surface area (Å²) in [5.41, 5.74) is 18.8. The Bertz CT molecular complexity index is 1090. The fourth-order valence-electron chi connectivity index (χ4n) is 3.84. The molecule has 1 aliphatic rings. The second kappa shape index (κ2) is 7.21. The molecule has 1 fully saturated rings. The molecular weight excluding hydrogens is 350 g/mol. The van der Waals surface area contributed by atoms with Gasteiger partial charge in [-0.1, -0.05) is 48.5 Å². The molecule has 28 heavy (non-hydrogen) atoms. The third-order valence-corrected chi connectivity index (χ3v) is 5.30. The van der Waals surface area contributed by atoms with Crippen LogP contribution in [0.4, 0.5) is 0 Å². The number of hydrogen-bond donors (Lipinski definition) is 5. The topological polar surface area (TPSA) is 81.7 Å². The number of aryl methyl sites for hydroxylation is 2. The second-order valence-corrected chi connectivity index (χ2v) is 7.05. The Balaban J connectivity index is 1.62. The highest BCUT2D eigenvalue weighted by Gasteiger charge is 2.21. The van der Waals surface area contributed by atoms with Gasteiger partial charge >= 0.3 is 0 Å². The lowest BCUT2D eigenvalue weighted by Gasteiger charge is -2.13. The minimum absolute atomic E-state index is 0.152. The summed E-state index contributed by atoms with van der Waals surface area (Å²) in [5, 5.41) is 1.25. The third-order valence-electron chi connectivity index (χ3n) is 5.30. The van der Waals surface area contributed by atoms with Crippen LogP contribution in [-0.2, 0) is 6.54 Å². The molecule has 4 aromatic rings. The van der Waals surface area contributed by atoms with Crippen LogP contribution in [0.5, 0.6) is 0 Å². The van der Waals surface area contributed by atoms with Crippen molar-refractivity contribution in [2.45, 2.75) is 26.1 Å². The molecule has 0 spiro atoms. The third kappa shape index (κ3) is 3.00. The largest absolute Gasteiger partial charge is 0.353 e. The molecule has 0 amide bonds. The Morgan fingerprint density at radius 1 is 0.964 bits per heavy atom. The van der Waals surface area contributed by atoms with Gasteiger partial charge in [-0.15, -0.1) is 0 Å². The molecule has 0 bridgehead atoms. The molecule has 0 aliphatic carbocycles. The molecule has 2 aromatic carbocycles. The Kier molecular flexibility index (Phi) is 4.42. The van der Waals surface area contributed by atoms with Crippen LogP contribution in [0.25, 0.3) is 33.5 Å². The number of imidazole rings is 1. The molecule has 142 valence electrons. The summed E-state index contributed by atoms with van der Waals surface area (Å²) in [7, 11) is 0. The first-order valence-electron chi connectivity index (χ1n) is 9.50. The van der Waals surface area contributed by atoms with Crippen molar-refractivity contribution < 1.29 is 0 Å². The van der Waals surface area contributed by atoms with Gasteiger partial charge in [-0.3, -0.25) is 0 Å². The molecule has 7 heteroatoms. The highest BCUT2D eigenvalue weighted by atomic mass is 15.8. The first-order valence-corrected chi connectivity index (χ1v) is 9.50. The molecule has 0 saturated carbocycles. The molecular formula is C21H23N7. The summed E-state index contributed by atoms with van der Waals surface area (Å²) in [6.45, 7) is 3.01. The van der Waals surface area contributed by atoms with E-state index in [0.717, 1.165) is 41.1 Å². The van der Waals surface area contributed by atoms with E-state index in [0.29, 0.717) is 0 Å². The van der Waals surface area contributed by atoms with Gasteiger partial charge in [-0.2, -0.15) is 11.1 Å². The van der Waals surface area contributed by atoms with Gasteiger partial charge in [0.25, 0.3) is 0 Å². The molecule has 7 nitrogen and oxygen atoms in total. The van der Waals surface area contributed by atoms with Crippen molar-refractivity contribution in [1.29, 1.82) is 0 Å². The average Bonchev–Trinajstić information content (AvgIpc) is 3.46. The number of benzene rings is 2. The number of para-hydroxylation sites is 1. The van der Waals surface area contributed by atoms with Gasteiger partial charge in [0.2, 0.25) is 0 Å². The number of nitrogens with one attached hydrogen (secondary N) is 5. The van der Waals surface area contributed by atoms with Crippen LogP contribution in [-0.4, -0.2) is 20.7 Å². The van der Waals surface area contributed by atoms with Crippen LogP contribution in [0.1, 0.15) is 12.0 Å². The number of aromatic nitrogens is 3. The van der Waals surface area contributed by atoms with E-state index in [1.54, 1.807) is 0 Å². The first kappa shape index (κ1) is 17.2. The van der Waals surface area contributed by atoms with Gasteiger partial charge in [-0.05, 0) is 25.0 Å². The van der Waals surface area contributed by atoms with E-state index in [1.165, 1.54) is 10.9 Å². The Hall–Kier alpha value is -2.97. The molecule has 5 N–H and O–H groups in total. The highest BCUT2D eigenvalue weighted by Crippen LogP contribution is 2.35. The molecule has 0 radical (unpaired) electrons. The lowest BCUT2D eigenvalue weighted by molar-refractivity contribution is 0.453. The summed E-state index contributed by atoms with van der Waals surface area (Å²) in [5.74, 6) is 0. The van der Waals surface area contributed by atoms with Crippen LogP contribution in [0.2, 0.25) is 0 Å². The number of nitrogens with zero attached hydrogens (tertiary/aromatic N) is 2. The van der Waals surface area contributed by atoms with Gasteiger partial charge in [0.15, 0.2) is 0 Å². The van der Waals surface area contributed by atoms with Gasteiger partial charge < -0.3 is 9.55 Å². The predicted octanol–water partition coefficient (Wildman–Crippen LogP) is 2.84. The maximum absolute atomic E-state index is 4.79. The highest BCUT2D eigenvalue weighted by molar-refractivity contribution is 5.92. The van der Waals surface area contributed by atoms with Crippen molar-refractivity contribution in [2.24, 2.45) is 0 Å². The monoisotopic (exact) mass is 373 g/mol. The van der Waals surface area contributed by atoms with Gasteiger partial charge in [0.1, 0.15) is 0 Å². The van der Waals surface area contributed by atoms with E-state index >= 15 is 0 Å². The van der Waals surface area contributed by atoms with E-state index in [1.807, 2.05) is 12.4 Å². The number of H-pyrrole nitrogens is 1. The predicted molar refractivity (Wildman–Crippen MR) is 111 cm³/mol. The molecule has 0 unspecified atom stereocenters. The van der Waals surface area contributed by atoms with Crippen molar-refractivity contribution in [2.75, 3.05) is 0 Å². The summed E-state index contributed by atoms with van der Waals surface area (Å²) in [6.07, 6.45) is 2.99. The smallest absolute Gasteiger partial charge is 0.0978 e. The fraction of sp³-hybridized carbons (Fsp3) is 0.190. The average molecular weight is 373 g/mol. The van der Waals surface area contributed by atoms with Gasteiger partial charge in [0.05, 0.1) is 29.6 Å². The minimum atomic E-state index is 0.152. The van der Waals surface area contributed by atoms with Crippen LogP contribution in [0.3, 0.4) is 0 Å². The van der Waals surface area contributed by atoms with Crippen molar-refractivity contribution >= 4 is 10.9 Å². The van der Waals surface area contributed by atoms with E-state index in [9.17, 15) is 0 Å². The van der Waals surface area contributed by atoms with Crippen molar-refractivity contribution in [1.82, 2.24) is 36.5 Å². The molecule has 2 aromatic heterocycles. The van der Waals surface area contributed by atoms with Gasteiger partial charge in [0, 0.05) is 23.0 Å². The Morgan fingerprint density at radius 2 is 1.71 bits per heavy atom. The van der Waals surface area contributed by atoms with E-state index in [4.69, 9.17) is 4.98 Å². The second-order valence-electron chi connectivity index (χ2n) is 7.05. The number of hydrazine groups is 3. The Labute approximate surface area is 163 Å². The summed E-state index contributed by atoms with van der Waals surface area (Å²) < 4.78 is 2.24. The van der Waals surface area contributed by atoms with Crippen LogP contribution >= 0.6 is 0 Å². The lowest BCUT2D eigenvalue weighted by Crippen LogP contribution is -2.34. The van der Waals surface area contributed by atoms with Crippen molar-refractivity contribution in [3.05, 3.63) is 66.5 Å². The molecule has 5 rings (SSSR count). The van der Waals surface area contributed by atoms with E-state index in [-0.39, 0.29) is 6.17 Å². The number of hydrogen-bond acceptors (Lipinski definition) is 5. The summed E-state index contributed by atoms with van der Waals surface area (Å²) in [6, 6.07) is 18.8. The minimum Gasteiger partial charge on any atom is -0.353 e. The molecule has 3 heterocycles. The Morgan fingerprint density at radius 3 is 2.50 bits per heavy atom. The van der Waals surface area contributed by atoms with Crippen LogP contribution in [0, 0.1) is 6.92 Å². The first-order chi connectivity index (χ1) is 13.8. The zero-order chi connectivity index (χ0) is 18.9. The maximum Gasteiger partial charge on any atom is 0.0978 e. The number of aromatic amines is 1. The quantitative estimate of drug-likeness (QED) is 0.372. The summed E-state index contributed by atoms with van der Waals surface area (Å²) in [4.78, 5) is 8.42. The van der Waals surface area contributed by atoms with E-state index in [2.05, 4.69) is 86.9 Å². The molecule has 1 saturated heterocycles. The number of rotatable bonds is 5. The molecule has 0 atom stereocenters. The maximum atomic E-state index is 4.79. The van der Waals surface area contributed by atoms with E-state index < -0.39 is 0 Å². The lowest BCUT2D eigenvalue weighted by atomic mass is 10.1. The zero-order valence-electron chi connectivity index (χ0n) is 15.7. The summed E-state index contributed by atoms with van der Waals surface area (Å²) >= 11 is 0. The normalized spacial score (nSPS) is 14.9.